The maximum Gasteiger partial charge on any atom is 0.253 e. The SMILES string of the molecule is Cc1nsc(N2CCCN(C(=O)C3CNCCO3)CC2)n1.Cl.Cl. The van der Waals surface area contributed by atoms with E-state index in [1.165, 1.54) is 11.5 Å². The zero-order chi connectivity index (χ0) is 14.7. The number of carbonyl (C=O) groups excluding carboxylic acids is 1. The zero-order valence-corrected chi connectivity index (χ0v) is 15.5. The molecule has 3 rings (SSSR count). The zero-order valence-electron chi connectivity index (χ0n) is 13.1. The van der Waals surface area contributed by atoms with E-state index in [1.54, 1.807) is 0 Å². The molecule has 0 spiro atoms. The summed E-state index contributed by atoms with van der Waals surface area (Å²) in [7, 11) is 0. The third-order valence-corrected chi connectivity index (χ3v) is 4.67. The van der Waals surface area contributed by atoms with Crippen LogP contribution in [-0.4, -0.2) is 72.1 Å². The summed E-state index contributed by atoms with van der Waals surface area (Å²) in [5.41, 5.74) is 0. The smallest absolute Gasteiger partial charge is 0.253 e. The van der Waals surface area contributed by atoms with Crippen LogP contribution in [0, 0.1) is 6.92 Å². The van der Waals surface area contributed by atoms with E-state index in [4.69, 9.17) is 4.74 Å². The summed E-state index contributed by atoms with van der Waals surface area (Å²) in [5.74, 6) is 0.923. The van der Waals surface area contributed by atoms with Crippen LogP contribution in [0.3, 0.4) is 0 Å². The molecule has 2 saturated heterocycles. The van der Waals surface area contributed by atoms with Gasteiger partial charge in [0.15, 0.2) is 0 Å². The first-order valence-electron chi connectivity index (χ1n) is 7.40. The van der Waals surface area contributed by atoms with E-state index in [9.17, 15) is 4.79 Å². The maximum atomic E-state index is 12.5. The number of aryl methyl sites for hydroxylation is 1. The molecular formula is C13H23Cl2N5O2S. The molecule has 10 heteroatoms. The number of nitrogens with zero attached hydrogens (tertiary/aromatic N) is 4. The van der Waals surface area contributed by atoms with Crippen LogP contribution in [0.15, 0.2) is 0 Å². The molecule has 132 valence electrons. The Labute approximate surface area is 152 Å². The van der Waals surface area contributed by atoms with Gasteiger partial charge in [-0.15, -0.1) is 24.8 Å². The van der Waals surface area contributed by atoms with E-state index >= 15 is 0 Å². The predicted molar refractivity (Wildman–Crippen MR) is 95.2 cm³/mol. The molecule has 1 aromatic rings. The average molecular weight is 384 g/mol. The van der Waals surface area contributed by atoms with Crippen LogP contribution in [0.1, 0.15) is 12.2 Å². The molecule has 0 aliphatic carbocycles. The largest absolute Gasteiger partial charge is 0.366 e. The van der Waals surface area contributed by atoms with Gasteiger partial charge in [0.1, 0.15) is 11.9 Å². The van der Waals surface area contributed by atoms with Crippen molar-refractivity contribution in [3.63, 3.8) is 0 Å². The van der Waals surface area contributed by atoms with Crippen molar-refractivity contribution < 1.29 is 9.53 Å². The Hall–Kier alpha value is -0.670. The number of aromatic nitrogens is 2. The van der Waals surface area contributed by atoms with Crippen LogP contribution < -0.4 is 10.2 Å². The first-order chi connectivity index (χ1) is 10.2. The Kier molecular flexibility index (Phi) is 8.49. The van der Waals surface area contributed by atoms with Gasteiger partial charge in [0.2, 0.25) is 5.13 Å². The summed E-state index contributed by atoms with van der Waals surface area (Å²) < 4.78 is 9.79. The fourth-order valence-electron chi connectivity index (χ4n) is 2.67. The van der Waals surface area contributed by atoms with E-state index < -0.39 is 0 Å². The van der Waals surface area contributed by atoms with Crippen molar-refractivity contribution in [3.8, 4) is 0 Å². The van der Waals surface area contributed by atoms with Crippen molar-refractivity contribution in [2.45, 2.75) is 19.4 Å². The standard InChI is InChI=1S/C13H21N5O2S.2ClH/c1-10-15-13(21-16-10)18-5-2-4-17(6-7-18)12(19)11-9-14-3-8-20-11;;/h11,14H,2-9H2,1H3;2*1H. The lowest BCUT2D eigenvalue weighted by molar-refractivity contribution is -0.144. The lowest BCUT2D eigenvalue weighted by Crippen LogP contribution is -2.50. The third-order valence-electron chi connectivity index (χ3n) is 3.80. The normalized spacial score (nSPS) is 21.9. The fraction of sp³-hybridized carbons (Fsp3) is 0.769. The molecule has 2 aliphatic rings. The van der Waals surface area contributed by atoms with Gasteiger partial charge in [-0.05, 0) is 13.3 Å². The second-order valence-corrected chi connectivity index (χ2v) is 6.08. The highest BCUT2D eigenvalue weighted by molar-refractivity contribution is 7.09. The van der Waals surface area contributed by atoms with E-state index in [-0.39, 0.29) is 36.8 Å². The third kappa shape index (κ3) is 5.15. The molecule has 2 aliphatic heterocycles. The lowest BCUT2D eigenvalue weighted by atomic mass is 10.2. The van der Waals surface area contributed by atoms with Crippen molar-refractivity contribution in [1.82, 2.24) is 19.6 Å². The number of morpholine rings is 1. The molecule has 0 aromatic carbocycles. The van der Waals surface area contributed by atoms with Crippen LogP contribution in [-0.2, 0) is 9.53 Å². The van der Waals surface area contributed by atoms with Crippen molar-refractivity contribution in [3.05, 3.63) is 5.82 Å². The second kappa shape index (κ2) is 9.58. The molecular weight excluding hydrogens is 361 g/mol. The molecule has 1 N–H and O–H groups in total. The molecule has 7 nitrogen and oxygen atoms in total. The van der Waals surface area contributed by atoms with E-state index in [1.807, 2.05) is 11.8 Å². The van der Waals surface area contributed by atoms with Gasteiger partial charge in [0.25, 0.3) is 5.91 Å². The first kappa shape index (κ1) is 20.4. The van der Waals surface area contributed by atoms with Crippen molar-refractivity contribution in [1.29, 1.82) is 0 Å². The molecule has 0 saturated carbocycles. The van der Waals surface area contributed by atoms with Gasteiger partial charge < -0.3 is 19.9 Å². The minimum absolute atomic E-state index is 0. The van der Waals surface area contributed by atoms with Crippen LogP contribution in [0.25, 0.3) is 0 Å². The van der Waals surface area contributed by atoms with Gasteiger partial charge in [-0.1, -0.05) is 0 Å². The molecule has 0 bridgehead atoms. The number of rotatable bonds is 2. The summed E-state index contributed by atoms with van der Waals surface area (Å²) in [6.07, 6.45) is 0.624. The van der Waals surface area contributed by atoms with Gasteiger partial charge >= 0.3 is 0 Å². The van der Waals surface area contributed by atoms with Crippen molar-refractivity contribution in [2.24, 2.45) is 0 Å². The summed E-state index contributed by atoms with van der Waals surface area (Å²) in [5, 5.41) is 4.16. The minimum atomic E-state index is -0.325. The number of nitrogens with one attached hydrogen (secondary N) is 1. The van der Waals surface area contributed by atoms with Crippen LogP contribution in [0.5, 0.6) is 0 Å². The van der Waals surface area contributed by atoms with E-state index in [0.717, 1.165) is 50.1 Å². The first-order valence-corrected chi connectivity index (χ1v) is 8.18. The maximum absolute atomic E-state index is 12.5. The Morgan fingerprint density at radius 3 is 2.78 bits per heavy atom. The molecule has 3 heterocycles. The number of anilines is 1. The quantitative estimate of drug-likeness (QED) is 0.810. The highest BCUT2D eigenvalue weighted by Crippen LogP contribution is 2.19. The van der Waals surface area contributed by atoms with Crippen molar-refractivity contribution >= 4 is 47.4 Å². The van der Waals surface area contributed by atoms with Gasteiger partial charge in [-0.2, -0.15) is 4.37 Å². The monoisotopic (exact) mass is 383 g/mol. The summed E-state index contributed by atoms with van der Waals surface area (Å²) in [6, 6.07) is 0. The van der Waals surface area contributed by atoms with Crippen molar-refractivity contribution in [2.75, 3.05) is 50.8 Å². The summed E-state index contributed by atoms with van der Waals surface area (Å²) in [4.78, 5) is 21.0. The molecule has 1 aromatic heterocycles. The molecule has 0 radical (unpaired) electrons. The summed E-state index contributed by atoms with van der Waals surface area (Å²) in [6.45, 7) is 7.19. The molecule has 1 amide bonds. The van der Waals surface area contributed by atoms with E-state index in [0.29, 0.717) is 13.2 Å². The number of hydrogen-bond acceptors (Lipinski definition) is 7. The number of carbonyl (C=O) groups is 1. The lowest BCUT2D eigenvalue weighted by Gasteiger charge is -2.29. The summed E-state index contributed by atoms with van der Waals surface area (Å²) >= 11 is 1.43. The number of ether oxygens (including phenoxy) is 1. The van der Waals surface area contributed by atoms with Gasteiger partial charge in [0, 0.05) is 50.8 Å². The fourth-order valence-corrected chi connectivity index (χ4v) is 3.40. The predicted octanol–water partition coefficient (Wildman–Crippen LogP) is 0.717. The highest BCUT2D eigenvalue weighted by Gasteiger charge is 2.28. The Bertz CT molecular complexity index is 498. The number of halogens is 2. The average Bonchev–Trinajstić information content (AvgIpc) is 2.81. The van der Waals surface area contributed by atoms with E-state index in [2.05, 4.69) is 19.6 Å². The number of hydrogen-bond donors (Lipinski definition) is 1. The molecule has 1 atom stereocenters. The Morgan fingerprint density at radius 1 is 1.30 bits per heavy atom. The second-order valence-electron chi connectivity index (χ2n) is 5.35. The van der Waals surface area contributed by atoms with Crippen LogP contribution in [0.2, 0.25) is 0 Å². The van der Waals surface area contributed by atoms with Gasteiger partial charge in [-0.3, -0.25) is 4.79 Å². The molecule has 2 fully saturated rings. The highest BCUT2D eigenvalue weighted by atomic mass is 35.5. The van der Waals surface area contributed by atoms with Crippen LogP contribution in [0.4, 0.5) is 5.13 Å². The molecule has 1 unspecified atom stereocenters. The van der Waals surface area contributed by atoms with Gasteiger partial charge in [0.05, 0.1) is 6.61 Å². The number of amides is 1. The van der Waals surface area contributed by atoms with Gasteiger partial charge in [-0.25, -0.2) is 4.98 Å². The molecule has 23 heavy (non-hydrogen) atoms. The Balaban J connectivity index is 0.00000132. The minimum Gasteiger partial charge on any atom is -0.366 e. The Morgan fingerprint density at radius 2 is 2.13 bits per heavy atom. The topological polar surface area (TPSA) is 70.6 Å². The van der Waals surface area contributed by atoms with Crippen LogP contribution >= 0.6 is 36.3 Å².